The second kappa shape index (κ2) is 7.57. The second-order valence-electron chi connectivity index (χ2n) is 4.71. The van der Waals surface area contributed by atoms with Crippen LogP contribution in [0.25, 0.3) is 0 Å². The van der Waals surface area contributed by atoms with Crippen LogP contribution in [0, 0.1) is 6.92 Å². The fraction of sp³-hybridized carbons (Fsp3) is 0.143. The summed E-state index contributed by atoms with van der Waals surface area (Å²) < 4.78 is 31.7. The molecule has 0 unspecified atom stereocenters. The number of aryl methyl sites for hydroxylation is 1. The predicted octanol–water partition coefficient (Wildman–Crippen LogP) is 1.84. The van der Waals surface area contributed by atoms with Crippen molar-refractivity contribution in [2.75, 3.05) is 12.4 Å². The molecule has 0 atom stereocenters. The Bertz CT molecular complexity index is 933. The van der Waals surface area contributed by atoms with E-state index in [-0.39, 0.29) is 11.5 Å². The van der Waals surface area contributed by atoms with Crippen molar-refractivity contribution in [3.63, 3.8) is 0 Å². The quantitative estimate of drug-likeness (QED) is 0.710. The number of benzene rings is 1. The third-order valence-corrected chi connectivity index (χ3v) is 4.75. The Kier molecular flexibility index (Phi) is 5.69. The lowest BCUT2D eigenvalue weighted by Crippen LogP contribution is -2.35. The van der Waals surface area contributed by atoms with Crippen LogP contribution >= 0.6 is 15.9 Å². The van der Waals surface area contributed by atoms with Crippen molar-refractivity contribution in [1.82, 2.24) is 14.7 Å². The third-order valence-electron chi connectivity index (χ3n) is 2.89. The highest BCUT2D eigenvalue weighted by Gasteiger charge is 2.25. The maximum Gasteiger partial charge on any atom is 0.339 e. The van der Waals surface area contributed by atoms with Crippen LogP contribution in [-0.2, 0) is 14.8 Å². The van der Waals surface area contributed by atoms with E-state index >= 15 is 0 Å². The zero-order valence-electron chi connectivity index (χ0n) is 13.1. The van der Waals surface area contributed by atoms with Crippen molar-refractivity contribution in [1.29, 1.82) is 0 Å². The zero-order valence-corrected chi connectivity index (χ0v) is 15.5. The van der Waals surface area contributed by atoms with Gasteiger partial charge < -0.3 is 4.74 Å². The average molecular weight is 429 g/mol. The van der Waals surface area contributed by atoms with Gasteiger partial charge in [0.05, 0.1) is 12.7 Å². The Morgan fingerprint density at radius 3 is 2.60 bits per heavy atom. The number of nitrogens with one attached hydrogen (secondary N) is 2. The molecule has 2 aromatic rings. The van der Waals surface area contributed by atoms with Gasteiger partial charge in [-0.1, -0.05) is 15.9 Å². The molecule has 0 aliphatic carbocycles. The molecule has 0 fully saturated rings. The first-order valence-corrected chi connectivity index (χ1v) is 9.02. The fourth-order valence-electron chi connectivity index (χ4n) is 1.81. The number of halogens is 1. The molecule has 25 heavy (non-hydrogen) atoms. The summed E-state index contributed by atoms with van der Waals surface area (Å²) in [5.41, 5.74) is 0.380. The average Bonchev–Trinajstić information content (AvgIpc) is 2.53. The number of rotatable bonds is 4. The molecule has 11 heteroatoms. The van der Waals surface area contributed by atoms with Crippen molar-refractivity contribution in [2.24, 2.45) is 0 Å². The van der Waals surface area contributed by atoms with E-state index in [1.54, 1.807) is 17.7 Å². The molecule has 2 rings (SSSR count). The smallest absolute Gasteiger partial charge is 0.339 e. The summed E-state index contributed by atoms with van der Waals surface area (Å²) >= 11 is 3.12. The summed E-state index contributed by atoms with van der Waals surface area (Å²) in [4.78, 5) is 31.0. The number of sulfonamides is 1. The van der Waals surface area contributed by atoms with E-state index in [9.17, 15) is 18.0 Å². The first kappa shape index (κ1) is 18.8. The van der Waals surface area contributed by atoms with Crippen LogP contribution in [0.3, 0.4) is 0 Å². The summed E-state index contributed by atoms with van der Waals surface area (Å²) in [5, 5.41) is 2.21. The molecule has 0 saturated heterocycles. The Labute approximate surface area is 152 Å². The van der Waals surface area contributed by atoms with Crippen LogP contribution in [0.2, 0.25) is 0 Å². The zero-order chi connectivity index (χ0) is 18.6. The SMILES string of the molecule is COC(=O)c1ccc(Br)cc1S(=O)(=O)NC(=O)Nc1nccc(C)n1. The lowest BCUT2D eigenvalue weighted by atomic mass is 10.2. The Morgan fingerprint density at radius 1 is 1.24 bits per heavy atom. The number of urea groups is 1. The van der Waals surface area contributed by atoms with E-state index in [2.05, 4.69) is 36.0 Å². The number of aromatic nitrogens is 2. The minimum absolute atomic E-state index is 0.0601. The van der Waals surface area contributed by atoms with E-state index in [1.165, 1.54) is 24.4 Å². The minimum atomic E-state index is -4.35. The summed E-state index contributed by atoms with van der Waals surface area (Å²) in [6.45, 7) is 1.69. The fourth-order valence-corrected chi connectivity index (χ4v) is 3.45. The van der Waals surface area contributed by atoms with Gasteiger partial charge in [0.2, 0.25) is 5.95 Å². The van der Waals surface area contributed by atoms with Crippen molar-refractivity contribution < 1.29 is 22.7 Å². The molecule has 1 heterocycles. The van der Waals surface area contributed by atoms with E-state index in [4.69, 9.17) is 0 Å². The highest BCUT2D eigenvalue weighted by Crippen LogP contribution is 2.22. The predicted molar refractivity (Wildman–Crippen MR) is 91.6 cm³/mol. The minimum Gasteiger partial charge on any atom is -0.465 e. The number of nitrogens with zero attached hydrogens (tertiary/aromatic N) is 2. The van der Waals surface area contributed by atoms with Gasteiger partial charge in [0.15, 0.2) is 0 Å². The maximum absolute atomic E-state index is 12.5. The molecule has 0 saturated carbocycles. The largest absolute Gasteiger partial charge is 0.465 e. The monoisotopic (exact) mass is 428 g/mol. The maximum atomic E-state index is 12.5. The summed E-state index contributed by atoms with van der Waals surface area (Å²) in [6.07, 6.45) is 1.41. The molecule has 0 radical (unpaired) electrons. The van der Waals surface area contributed by atoms with Gasteiger partial charge in [-0.2, -0.15) is 0 Å². The summed E-state index contributed by atoms with van der Waals surface area (Å²) in [5.74, 6) is -0.912. The number of carbonyl (C=O) groups is 2. The van der Waals surface area contributed by atoms with Crippen molar-refractivity contribution in [2.45, 2.75) is 11.8 Å². The molecular weight excluding hydrogens is 416 g/mol. The molecule has 0 aliphatic heterocycles. The van der Waals surface area contributed by atoms with Crippen molar-refractivity contribution in [3.8, 4) is 0 Å². The Balaban J connectivity index is 2.28. The number of methoxy groups -OCH3 is 1. The number of amides is 2. The van der Waals surface area contributed by atoms with Crippen molar-refractivity contribution in [3.05, 3.63) is 46.2 Å². The van der Waals surface area contributed by atoms with Gasteiger partial charge in [-0.15, -0.1) is 0 Å². The summed E-state index contributed by atoms with van der Waals surface area (Å²) in [7, 11) is -3.23. The number of carbonyl (C=O) groups excluding carboxylic acids is 2. The van der Waals surface area contributed by atoms with Crippen LogP contribution in [0.5, 0.6) is 0 Å². The normalized spacial score (nSPS) is 10.8. The molecule has 0 aliphatic rings. The molecule has 0 spiro atoms. The van der Waals surface area contributed by atoms with Gasteiger partial charge in [-0.05, 0) is 31.2 Å². The lowest BCUT2D eigenvalue weighted by molar-refractivity contribution is 0.0596. The van der Waals surface area contributed by atoms with Gasteiger partial charge in [0.25, 0.3) is 10.0 Å². The number of esters is 1. The lowest BCUT2D eigenvalue weighted by Gasteiger charge is -2.11. The van der Waals surface area contributed by atoms with Crippen LogP contribution in [0.1, 0.15) is 16.1 Å². The van der Waals surface area contributed by atoms with Gasteiger partial charge in [0, 0.05) is 16.4 Å². The van der Waals surface area contributed by atoms with Gasteiger partial charge in [0.1, 0.15) is 4.90 Å². The van der Waals surface area contributed by atoms with Crippen molar-refractivity contribution >= 4 is 43.9 Å². The number of anilines is 1. The van der Waals surface area contributed by atoms with E-state index in [0.29, 0.717) is 10.2 Å². The standard InChI is InChI=1S/C14H13BrN4O5S/c1-8-5-6-16-13(17-8)18-14(21)19-25(22,23)11-7-9(15)3-4-10(11)12(20)24-2/h3-7H,1-2H3,(H2,16,17,18,19,21). The highest BCUT2D eigenvalue weighted by atomic mass is 79.9. The molecule has 0 bridgehead atoms. The number of hydrogen-bond donors (Lipinski definition) is 2. The number of hydrogen-bond acceptors (Lipinski definition) is 7. The highest BCUT2D eigenvalue weighted by molar-refractivity contribution is 9.10. The van der Waals surface area contributed by atoms with Gasteiger partial charge in [-0.25, -0.2) is 32.7 Å². The van der Waals surface area contributed by atoms with E-state index in [1.807, 2.05) is 0 Å². The van der Waals surface area contributed by atoms with Gasteiger partial charge >= 0.3 is 12.0 Å². The topological polar surface area (TPSA) is 127 Å². The van der Waals surface area contributed by atoms with E-state index in [0.717, 1.165) is 7.11 Å². The molecule has 2 amide bonds. The third kappa shape index (κ3) is 4.73. The summed E-state index contributed by atoms with van der Waals surface area (Å²) in [6, 6.07) is 4.48. The second-order valence-corrected chi connectivity index (χ2v) is 7.28. The Morgan fingerprint density at radius 2 is 1.96 bits per heavy atom. The first-order chi connectivity index (χ1) is 11.7. The molecule has 132 valence electrons. The van der Waals surface area contributed by atoms with Crippen LogP contribution in [0.4, 0.5) is 10.7 Å². The molecular formula is C14H13BrN4O5S. The Hall–Kier alpha value is -2.53. The van der Waals surface area contributed by atoms with Gasteiger partial charge in [-0.3, -0.25) is 5.32 Å². The van der Waals surface area contributed by atoms with Crippen LogP contribution in [-0.4, -0.2) is 37.5 Å². The molecule has 1 aromatic carbocycles. The molecule has 9 nitrogen and oxygen atoms in total. The van der Waals surface area contributed by atoms with Crippen LogP contribution in [0.15, 0.2) is 39.8 Å². The molecule has 1 aromatic heterocycles. The van der Waals surface area contributed by atoms with E-state index < -0.39 is 26.9 Å². The molecule has 2 N–H and O–H groups in total. The van der Waals surface area contributed by atoms with Crippen LogP contribution < -0.4 is 10.0 Å². The first-order valence-electron chi connectivity index (χ1n) is 6.74. The number of ether oxygens (including phenoxy) is 1.